The van der Waals surface area contributed by atoms with Crippen molar-refractivity contribution in [2.45, 2.75) is 6.54 Å². The van der Waals surface area contributed by atoms with Crippen LogP contribution in [0.15, 0.2) is 36.4 Å². The van der Waals surface area contributed by atoms with Crippen molar-refractivity contribution in [2.75, 3.05) is 18.2 Å². The summed E-state index contributed by atoms with van der Waals surface area (Å²) in [5.74, 6) is 0.737. The Balaban J connectivity index is 2.21. The molecule has 0 unspecified atom stereocenters. The zero-order chi connectivity index (χ0) is 13.8. The Morgan fingerprint density at radius 3 is 2.53 bits per heavy atom. The Morgan fingerprint density at radius 1 is 1.11 bits per heavy atom. The predicted octanol–water partition coefficient (Wildman–Crippen LogP) is 4.20. The Hall–Kier alpha value is -1.58. The van der Waals surface area contributed by atoms with Gasteiger partial charge in [-0.25, -0.2) is 0 Å². The molecule has 0 fully saturated rings. The molecule has 2 aromatic carbocycles. The van der Waals surface area contributed by atoms with E-state index in [0.29, 0.717) is 22.3 Å². The first-order valence-corrected chi connectivity index (χ1v) is 6.48. The second-order valence-corrected chi connectivity index (χ2v) is 4.79. The molecule has 19 heavy (non-hydrogen) atoms. The van der Waals surface area contributed by atoms with E-state index in [2.05, 4.69) is 5.32 Å². The highest BCUT2D eigenvalue weighted by Gasteiger charge is 2.08. The van der Waals surface area contributed by atoms with Crippen molar-refractivity contribution < 1.29 is 4.74 Å². The van der Waals surface area contributed by atoms with Crippen molar-refractivity contribution in [3.05, 3.63) is 52.0 Å². The van der Waals surface area contributed by atoms with Gasteiger partial charge in [-0.15, -0.1) is 0 Å². The van der Waals surface area contributed by atoms with E-state index in [9.17, 15) is 0 Å². The Labute approximate surface area is 122 Å². The highest BCUT2D eigenvalue weighted by atomic mass is 35.5. The zero-order valence-corrected chi connectivity index (χ0v) is 11.9. The van der Waals surface area contributed by atoms with Crippen LogP contribution in [0.3, 0.4) is 0 Å². The summed E-state index contributed by atoms with van der Waals surface area (Å²) in [6, 6.07) is 11.0. The maximum Gasteiger partial charge on any atom is 0.125 e. The van der Waals surface area contributed by atoms with Crippen LogP contribution in [0.4, 0.5) is 11.4 Å². The lowest BCUT2D eigenvalue weighted by molar-refractivity contribution is 0.410. The molecule has 0 spiro atoms. The standard InChI is InChI=1S/C14H14Cl2N2O/c1-19-13-7-3-4-10(15)9(13)8-18-12-6-2-5-11(16)14(12)17/h2-7,18H,8,17H2,1H3. The second-order valence-electron chi connectivity index (χ2n) is 3.98. The molecule has 0 aromatic heterocycles. The molecule has 5 heteroatoms. The van der Waals surface area contributed by atoms with Crippen molar-refractivity contribution >= 4 is 34.6 Å². The molecule has 0 radical (unpaired) electrons. The highest BCUT2D eigenvalue weighted by molar-refractivity contribution is 6.33. The van der Waals surface area contributed by atoms with Crippen LogP contribution in [0.25, 0.3) is 0 Å². The van der Waals surface area contributed by atoms with Gasteiger partial charge in [0, 0.05) is 17.1 Å². The van der Waals surface area contributed by atoms with Crippen molar-refractivity contribution in [1.82, 2.24) is 0 Å². The number of nitrogens with one attached hydrogen (secondary N) is 1. The summed E-state index contributed by atoms with van der Waals surface area (Å²) in [4.78, 5) is 0. The summed E-state index contributed by atoms with van der Waals surface area (Å²) in [7, 11) is 1.61. The average molecular weight is 297 g/mol. The number of hydrogen-bond acceptors (Lipinski definition) is 3. The lowest BCUT2D eigenvalue weighted by Crippen LogP contribution is -2.04. The maximum atomic E-state index is 6.17. The number of para-hydroxylation sites is 1. The van der Waals surface area contributed by atoms with Crippen LogP contribution in [0.1, 0.15) is 5.56 Å². The van der Waals surface area contributed by atoms with Crippen LogP contribution >= 0.6 is 23.2 Å². The maximum absolute atomic E-state index is 6.17. The van der Waals surface area contributed by atoms with Gasteiger partial charge in [0.25, 0.3) is 0 Å². The molecule has 0 amide bonds. The summed E-state index contributed by atoms with van der Waals surface area (Å²) in [5, 5.41) is 4.38. The van der Waals surface area contributed by atoms with Crippen molar-refractivity contribution in [2.24, 2.45) is 0 Å². The van der Waals surface area contributed by atoms with Crippen LogP contribution < -0.4 is 15.8 Å². The van der Waals surface area contributed by atoms with E-state index in [1.165, 1.54) is 0 Å². The van der Waals surface area contributed by atoms with Gasteiger partial charge in [-0.2, -0.15) is 0 Å². The number of methoxy groups -OCH3 is 1. The summed E-state index contributed by atoms with van der Waals surface area (Å²) in [6.07, 6.45) is 0. The van der Waals surface area contributed by atoms with E-state index >= 15 is 0 Å². The highest BCUT2D eigenvalue weighted by Crippen LogP contribution is 2.30. The predicted molar refractivity (Wildman–Crippen MR) is 81.2 cm³/mol. The van der Waals surface area contributed by atoms with Crippen LogP contribution in [0.5, 0.6) is 5.75 Å². The average Bonchev–Trinajstić information content (AvgIpc) is 2.41. The summed E-state index contributed by atoms with van der Waals surface area (Å²) >= 11 is 12.1. The number of anilines is 2. The van der Waals surface area contributed by atoms with Gasteiger partial charge in [-0.05, 0) is 24.3 Å². The van der Waals surface area contributed by atoms with Crippen LogP contribution in [0.2, 0.25) is 10.0 Å². The zero-order valence-electron chi connectivity index (χ0n) is 10.4. The van der Waals surface area contributed by atoms with E-state index in [4.69, 9.17) is 33.7 Å². The van der Waals surface area contributed by atoms with Gasteiger partial charge < -0.3 is 15.8 Å². The third-order valence-electron chi connectivity index (χ3n) is 2.80. The van der Waals surface area contributed by atoms with Crippen LogP contribution in [-0.4, -0.2) is 7.11 Å². The third kappa shape index (κ3) is 3.06. The quantitative estimate of drug-likeness (QED) is 0.832. The Morgan fingerprint density at radius 2 is 1.79 bits per heavy atom. The topological polar surface area (TPSA) is 47.3 Å². The number of nitrogens with two attached hydrogens (primary N) is 1. The smallest absolute Gasteiger partial charge is 0.125 e. The summed E-state index contributed by atoms with van der Waals surface area (Å²) < 4.78 is 5.29. The molecule has 3 N–H and O–H groups in total. The van der Waals surface area contributed by atoms with Gasteiger partial charge in [0.1, 0.15) is 5.75 Å². The van der Waals surface area contributed by atoms with Crippen molar-refractivity contribution in [1.29, 1.82) is 0 Å². The van der Waals surface area contributed by atoms with Gasteiger partial charge >= 0.3 is 0 Å². The van der Waals surface area contributed by atoms with E-state index in [1.54, 1.807) is 13.2 Å². The monoisotopic (exact) mass is 296 g/mol. The van der Waals surface area contributed by atoms with E-state index < -0.39 is 0 Å². The first-order valence-electron chi connectivity index (χ1n) is 5.72. The number of rotatable bonds is 4. The van der Waals surface area contributed by atoms with E-state index in [0.717, 1.165) is 17.0 Å². The lowest BCUT2D eigenvalue weighted by Gasteiger charge is -2.14. The number of nitrogen functional groups attached to an aromatic ring is 1. The van der Waals surface area contributed by atoms with E-state index in [-0.39, 0.29) is 0 Å². The molecule has 2 aromatic rings. The molecule has 0 heterocycles. The molecular formula is C14H14Cl2N2O. The fourth-order valence-corrected chi connectivity index (χ4v) is 2.18. The largest absolute Gasteiger partial charge is 0.496 e. The lowest BCUT2D eigenvalue weighted by atomic mass is 10.2. The number of hydrogen-bond donors (Lipinski definition) is 2. The molecule has 0 saturated heterocycles. The Kier molecular flexibility index (Phi) is 4.40. The molecule has 2 rings (SSSR count). The SMILES string of the molecule is COc1cccc(Cl)c1CNc1cccc(Cl)c1N. The van der Waals surface area contributed by atoms with Gasteiger partial charge in [0.2, 0.25) is 0 Å². The molecule has 0 aliphatic heterocycles. The van der Waals surface area contributed by atoms with Gasteiger partial charge in [-0.3, -0.25) is 0 Å². The van der Waals surface area contributed by atoms with Gasteiger partial charge in [0.05, 0.1) is 23.5 Å². The van der Waals surface area contributed by atoms with Crippen molar-refractivity contribution in [3.8, 4) is 5.75 Å². The molecule has 0 saturated carbocycles. The van der Waals surface area contributed by atoms with Gasteiger partial charge in [0.15, 0.2) is 0 Å². The molecular weight excluding hydrogens is 283 g/mol. The second kappa shape index (κ2) is 6.04. The summed E-state index contributed by atoms with van der Waals surface area (Å²) in [6.45, 7) is 0.507. The minimum absolute atomic E-state index is 0.507. The minimum Gasteiger partial charge on any atom is -0.496 e. The number of ether oxygens (including phenoxy) is 1. The third-order valence-corrected chi connectivity index (χ3v) is 3.49. The summed E-state index contributed by atoms with van der Waals surface area (Å²) in [5.41, 5.74) is 8.07. The van der Waals surface area contributed by atoms with E-state index in [1.807, 2.05) is 30.3 Å². The molecule has 0 aliphatic carbocycles. The minimum atomic E-state index is 0.507. The van der Waals surface area contributed by atoms with Gasteiger partial charge in [-0.1, -0.05) is 35.3 Å². The van der Waals surface area contributed by atoms with Crippen molar-refractivity contribution in [3.63, 3.8) is 0 Å². The fraction of sp³-hybridized carbons (Fsp3) is 0.143. The molecule has 0 atom stereocenters. The first-order chi connectivity index (χ1) is 9.13. The molecule has 100 valence electrons. The number of halogens is 2. The fourth-order valence-electron chi connectivity index (χ4n) is 1.78. The molecule has 0 aliphatic rings. The molecule has 3 nitrogen and oxygen atoms in total. The van der Waals surface area contributed by atoms with Crippen LogP contribution in [-0.2, 0) is 6.54 Å². The first kappa shape index (κ1) is 13.8. The normalized spacial score (nSPS) is 10.3. The number of benzene rings is 2. The van der Waals surface area contributed by atoms with Crippen LogP contribution in [0, 0.1) is 0 Å². The molecule has 0 bridgehead atoms. The Bertz CT molecular complexity index is 588.